The third-order valence-corrected chi connectivity index (χ3v) is 3.14. The topological polar surface area (TPSA) is 117 Å². The van der Waals surface area contributed by atoms with E-state index in [4.69, 9.17) is 15.6 Å². The van der Waals surface area contributed by atoms with Crippen molar-refractivity contribution in [1.82, 2.24) is 0 Å². The highest BCUT2D eigenvalue weighted by molar-refractivity contribution is 6.44. The van der Waals surface area contributed by atoms with Crippen molar-refractivity contribution in [2.45, 2.75) is 19.3 Å². The predicted octanol–water partition coefficient (Wildman–Crippen LogP) is 0.914. The van der Waals surface area contributed by atoms with Crippen LogP contribution in [0.5, 0.6) is 0 Å². The second kappa shape index (κ2) is 7.47. The van der Waals surface area contributed by atoms with E-state index >= 15 is 0 Å². The lowest BCUT2D eigenvalue weighted by Crippen LogP contribution is -2.47. The molecule has 1 rings (SSSR count). The van der Waals surface area contributed by atoms with Gasteiger partial charge in [0, 0.05) is 12.4 Å². The smallest absolute Gasteiger partial charge is 0.376 e. The summed E-state index contributed by atoms with van der Waals surface area (Å²) in [7, 11) is 0. The van der Waals surface area contributed by atoms with E-state index in [1.54, 1.807) is 0 Å². The summed E-state index contributed by atoms with van der Waals surface area (Å²) >= 11 is 0. The largest absolute Gasteiger partial charge is 0.459 e. The Morgan fingerprint density at radius 3 is 2.33 bits per heavy atom. The fourth-order valence-corrected chi connectivity index (χ4v) is 1.86. The Labute approximate surface area is 122 Å². The SMILES string of the molecule is C=CCOC(=O)C(=O)C(C=N)(CC1CC1)C(=O)OCC=N. The van der Waals surface area contributed by atoms with Crippen LogP contribution in [0, 0.1) is 22.2 Å². The molecule has 1 aliphatic carbocycles. The first-order valence-electron chi connectivity index (χ1n) is 6.52. The fourth-order valence-electron chi connectivity index (χ4n) is 1.86. The van der Waals surface area contributed by atoms with Gasteiger partial charge in [0.25, 0.3) is 5.78 Å². The zero-order valence-corrected chi connectivity index (χ0v) is 11.6. The molecule has 7 nitrogen and oxygen atoms in total. The van der Waals surface area contributed by atoms with Crippen LogP contribution in [0.3, 0.4) is 0 Å². The van der Waals surface area contributed by atoms with Crippen molar-refractivity contribution < 1.29 is 23.9 Å². The minimum atomic E-state index is -1.96. The molecule has 0 radical (unpaired) electrons. The third kappa shape index (κ3) is 4.08. The molecule has 0 aliphatic heterocycles. The second-order valence-corrected chi connectivity index (χ2v) is 4.78. The molecule has 1 unspecified atom stereocenters. The minimum absolute atomic E-state index is 0.0509. The van der Waals surface area contributed by atoms with Crippen molar-refractivity contribution in [3.8, 4) is 0 Å². The van der Waals surface area contributed by atoms with Crippen molar-refractivity contribution in [2.75, 3.05) is 13.2 Å². The summed E-state index contributed by atoms with van der Waals surface area (Å²) in [5.74, 6) is -3.18. The van der Waals surface area contributed by atoms with Crippen molar-refractivity contribution in [3.05, 3.63) is 12.7 Å². The first-order chi connectivity index (χ1) is 10.0. The summed E-state index contributed by atoms with van der Waals surface area (Å²) in [5, 5.41) is 14.3. The molecular formula is C14H18N2O5. The Morgan fingerprint density at radius 2 is 1.86 bits per heavy atom. The highest BCUT2D eigenvalue weighted by atomic mass is 16.5. The Hall–Kier alpha value is -2.31. The fraction of sp³-hybridized carbons (Fsp3) is 0.500. The molecule has 2 N–H and O–H groups in total. The lowest BCUT2D eigenvalue weighted by atomic mass is 9.79. The number of carbonyl (C=O) groups is 3. The monoisotopic (exact) mass is 294 g/mol. The van der Waals surface area contributed by atoms with Crippen molar-refractivity contribution in [1.29, 1.82) is 10.8 Å². The van der Waals surface area contributed by atoms with Crippen LogP contribution in [-0.2, 0) is 23.9 Å². The maximum Gasteiger partial charge on any atom is 0.376 e. The first kappa shape index (κ1) is 16.7. The van der Waals surface area contributed by atoms with E-state index in [0.29, 0.717) is 6.21 Å². The van der Waals surface area contributed by atoms with Gasteiger partial charge in [-0.05, 0) is 12.3 Å². The molecule has 1 atom stereocenters. The molecule has 7 heteroatoms. The maximum absolute atomic E-state index is 12.3. The molecule has 0 aromatic carbocycles. The molecule has 21 heavy (non-hydrogen) atoms. The van der Waals surface area contributed by atoms with Crippen molar-refractivity contribution in [2.24, 2.45) is 11.3 Å². The van der Waals surface area contributed by atoms with E-state index < -0.39 is 23.1 Å². The van der Waals surface area contributed by atoms with E-state index in [-0.39, 0.29) is 25.6 Å². The maximum atomic E-state index is 12.3. The van der Waals surface area contributed by atoms with Crippen LogP contribution in [0.25, 0.3) is 0 Å². The number of Topliss-reactive ketones (excluding diaryl/α,β-unsaturated/α-hetero) is 1. The number of rotatable bonds is 10. The molecule has 1 saturated carbocycles. The van der Waals surface area contributed by atoms with Gasteiger partial charge in [0.15, 0.2) is 5.41 Å². The average Bonchev–Trinajstić information content (AvgIpc) is 3.30. The molecular weight excluding hydrogens is 276 g/mol. The van der Waals surface area contributed by atoms with Crippen LogP contribution in [-0.4, -0.2) is 43.4 Å². The lowest BCUT2D eigenvalue weighted by Gasteiger charge is -2.24. The van der Waals surface area contributed by atoms with Crippen molar-refractivity contribution >= 4 is 30.2 Å². The van der Waals surface area contributed by atoms with Crippen LogP contribution >= 0.6 is 0 Å². The number of ether oxygens (including phenoxy) is 2. The van der Waals surface area contributed by atoms with E-state index in [2.05, 4.69) is 11.3 Å². The van der Waals surface area contributed by atoms with Gasteiger partial charge in [-0.15, -0.1) is 0 Å². The number of nitrogens with one attached hydrogen (secondary N) is 2. The summed E-state index contributed by atoms with van der Waals surface area (Å²) in [4.78, 5) is 36.1. The minimum Gasteiger partial charge on any atom is -0.459 e. The van der Waals surface area contributed by atoms with Crippen molar-refractivity contribution in [3.63, 3.8) is 0 Å². The molecule has 0 amide bonds. The molecule has 0 bridgehead atoms. The molecule has 0 aromatic rings. The Balaban J connectivity index is 2.97. The molecule has 0 aromatic heterocycles. The van der Waals surface area contributed by atoms with Crippen LogP contribution in [0.15, 0.2) is 12.7 Å². The van der Waals surface area contributed by atoms with Gasteiger partial charge in [-0.25, -0.2) is 4.79 Å². The number of hydrogen-bond donors (Lipinski definition) is 2. The van der Waals surface area contributed by atoms with E-state index in [1.807, 2.05) is 0 Å². The molecule has 0 saturated heterocycles. The Bertz CT molecular complexity index is 470. The number of carbonyl (C=O) groups excluding carboxylic acids is 3. The zero-order chi connectivity index (χ0) is 15.9. The van der Waals surface area contributed by atoms with Gasteiger partial charge in [-0.2, -0.15) is 0 Å². The Kier molecular flexibility index (Phi) is 5.95. The first-order valence-corrected chi connectivity index (χ1v) is 6.52. The second-order valence-electron chi connectivity index (χ2n) is 4.78. The van der Waals surface area contributed by atoms with Crippen LogP contribution < -0.4 is 0 Å². The van der Waals surface area contributed by atoms with Gasteiger partial charge in [0.05, 0.1) is 0 Å². The predicted molar refractivity (Wildman–Crippen MR) is 74.5 cm³/mol. The third-order valence-electron chi connectivity index (χ3n) is 3.14. The summed E-state index contributed by atoms with van der Waals surface area (Å²) in [6.45, 7) is 2.89. The number of esters is 2. The molecule has 114 valence electrons. The van der Waals surface area contributed by atoms with E-state index in [1.165, 1.54) is 6.08 Å². The average molecular weight is 294 g/mol. The number of hydrogen-bond acceptors (Lipinski definition) is 7. The van der Waals surface area contributed by atoms with E-state index in [0.717, 1.165) is 19.1 Å². The van der Waals surface area contributed by atoms with Gasteiger partial charge >= 0.3 is 11.9 Å². The standard InChI is InChI=1S/C14H18N2O5/c1-2-6-20-12(18)11(17)14(9-16,8-10-3-4-10)13(19)21-7-5-15/h2,5,9-10,15-16H,1,3-4,6-8H2. The van der Waals surface area contributed by atoms with Gasteiger partial charge in [0.2, 0.25) is 0 Å². The zero-order valence-electron chi connectivity index (χ0n) is 11.6. The summed E-state index contributed by atoms with van der Waals surface area (Å²) < 4.78 is 9.42. The molecule has 0 heterocycles. The quantitative estimate of drug-likeness (QED) is 0.204. The summed E-state index contributed by atoms with van der Waals surface area (Å²) in [5.41, 5.74) is -1.96. The van der Waals surface area contributed by atoms with Crippen LogP contribution in [0.2, 0.25) is 0 Å². The van der Waals surface area contributed by atoms with Crippen LogP contribution in [0.1, 0.15) is 19.3 Å². The summed E-state index contributed by atoms with van der Waals surface area (Å²) in [6, 6.07) is 0. The highest BCUT2D eigenvalue weighted by Gasteiger charge is 2.52. The van der Waals surface area contributed by atoms with Gasteiger partial charge in [0.1, 0.15) is 13.2 Å². The Morgan fingerprint density at radius 1 is 1.19 bits per heavy atom. The van der Waals surface area contributed by atoms with Crippen LogP contribution in [0.4, 0.5) is 0 Å². The molecule has 1 aliphatic rings. The van der Waals surface area contributed by atoms with E-state index in [9.17, 15) is 14.4 Å². The number of ketones is 1. The van der Waals surface area contributed by atoms with Gasteiger partial charge in [-0.1, -0.05) is 25.5 Å². The lowest BCUT2D eigenvalue weighted by molar-refractivity contribution is -0.164. The van der Waals surface area contributed by atoms with Gasteiger partial charge < -0.3 is 20.3 Å². The molecule has 1 fully saturated rings. The molecule has 0 spiro atoms. The normalized spacial score (nSPS) is 16.2. The summed E-state index contributed by atoms with van der Waals surface area (Å²) in [6.07, 6.45) is 4.52. The van der Waals surface area contributed by atoms with Gasteiger partial charge in [-0.3, -0.25) is 9.59 Å². The highest BCUT2D eigenvalue weighted by Crippen LogP contribution is 2.41.